The molecule has 0 bridgehead atoms. The fraction of sp³-hybridized carbons (Fsp3) is 0.636. The second-order valence-electron chi connectivity index (χ2n) is 4.55. The number of ether oxygens (including phenoxy) is 1. The number of primary amides is 1. The summed E-state index contributed by atoms with van der Waals surface area (Å²) in [6.45, 7) is 0.681. The van der Waals surface area contributed by atoms with Crippen molar-refractivity contribution >= 4 is 11.7 Å². The molecule has 8 nitrogen and oxygen atoms in total. The summed E-state index contributed by atoms with van der Waals surface area (Å²) in [6, 6.07) is 0. The lowest BCUT2D eigenvalue weighted by Gasteiger charge is -2.23. The lowest BCUT2D eigenvalue weighted by Crippen LogP contribution is -2.19. The van der Waals surface area contributed by atoms with E-state index in [4.69, 9.17) is 10.5 Å². The van der Waals surface area contributed by atoms with Crippen molar-refractivity contribution in [3.05, 3.63) is 11.8 Å². The summed E-state index contributed by atoms with van der Waals surface area (Å²) < 4.78 is 7.21. The fourth-order valence-electron chi connectivity index (χ4n) is 1.89. The SMILES string of the molecule is CN(C)/N=N/c1c(C(N)=O)cnn1C1CCCCO1. The molecule has 0 radical (unpaired) electrons. The summed E-state index contributed by atoms with van der Waals surface area (Å²) in [7, 11) is 3.48. The van der Waals surface area contributed by atoms with Gasteiger partial charge in [-0.15, -0.1) is 5.11 Å². The van der Waals surface area contributed by atoms with E-state index >= 15 is 0 Å². The van der Waals surface area contributed by atoms with Crippen molar-refractivity contribution in [3.8, 4) is 0 Å². The van der Waals surface area contributed by atoms with Gasteiger partial charge in [0.05, 0.1) is 6.20 Å². The van der Waals surface area contributed by atoms with Crippen LogP contribution in [0.3, 0.4) is 0 Å². The first-order valence-electron chi connectivity index (χ1n) is 6.17. The van der Waals surface area contributed by atoms with Crippen LogP contribution < -0.4 is 5.73 Å². The highest BCUT2D eigenvalue weighted by atomic mass is 16.5. The molecule has 0 saturated carbocycles. The summed E-state index contributed by atoms with van der Waals surface area (Å²) in [6.07, 6.45) is 4.13. The number of rotatable bonds is 4. The molecule has 1 atom stereocenters. The lowest BCUT2D eigenvalue weighted by atomic mass is 10.2. The van der Waals surface area contributed by atoms with Gasteiger partial charge in [0.15, 0.2) is 12.0 Å². The first-order chi connectivity index (χ1) is 9.09. The van der Waals surface area contributed by atoms with Crippen molar-refractivity contribution in [1.29, 1.82) is 0 Å². The van der Waals surface area contributed by atoms with Crippen LogP contribution in [-0.4, -0.2) is 41.4 Å². The topological polar surface area (TPSA) is 98.1 Å². The van der Waals surface area contributed by atoms with Crippen LogP contribution in [0.2, 0.25) is 0 Å². The van der Waals surface area contributed by atoms with Crippen LogP contribution in [0.1, 0.15) is 35.8 Å². The number of carbonyl (C=O) groups is 1. The van der Waals surface area contributed by atoms with Gasteiger partial charge in [0.2, 0.25) is 0 Å². The van der Waals surface area contributed by atoms with E-state index in [1.54, 1.807) is 18.8 Å². The van der Waals surface area contributed by atoms with E-state index in [0.29, 0.717) is 12.4 Å². The molecule has 1 aliphatic rings. The van der Waals surface area contributed by atoms with E-state index in [-0.39, 0.29) is 11.8 Å². The number of aromatic nitrogens is 2. The predicted octanol–water partition coefficient (Wildman–Crippen LogP) is 1.24. The van der Waals surface area contributed by atoms with Crippen molar-refractivity contribution in [2.45, 2.75) is 25.5 Å². The second-order valence-corrected chi connectivity index (χ2v) is 4.55. The van der Waals surface area contributed by atoms with Crippen LogP contribution in [-0.2, 0) is 4.74 Å². The van der Waals surface area contributed by atoms with Gasteiger partial charge in [-0.05, 0) is 19.3 Å². The van der Waals surface area contributed by atoms with Gasteiger partial charge in [-0.2, -0.15) is 5.10 Å². The number of amides is 1. The zero-order valence-electron chi connectivity index (χ0n) is 11.1. The Labute approximate surface area is 111 Å². The Balaban J connectivity index is 2.34. The first-order valence-corrected chi connectivity index (χ1v) is 6.17. The fourth-order valence-corrected chi connectivity index (χ4v) is 1.89. The van der Waals surface area contributed by atoms with Gasteiger partial charge in [0.25, 0.3) is 5.91 Å². The highest BCUT2D eigenvalue weighted by molar-refractivity contribution is 5.96. The Kier molecular flexibility index (Phi) is 4.10. The van der Waals surface area contributed by atoms with Crippen LogP contribution in [0, 0.1) is 0 Å². The average Bonchev–Trinajstić information content (AvgIpc) is 2.81. The molecule has 1 saturated heterocycles. The summed E-state index contributed by atoms with van der Waals surface area (Å²) in [4.78, 5) is 11.4. The van der Waals surface area contributed by atoms with E-state index < -0.39 is 5.91 Å². The van der Waals surface area contributed by atoms with Gasteiger partial charge in [-0.1, -0.05) is 5.22 Å². The molecule has 0 aromatic carbocycles. The van der Waals surface area contributed by atoms with Gasteiger partial charge in [0, 0.05) is 20.7 Å². The predicted molar refractivity (Wildman–Crippen MR) is 67.8 cm³/mol. The normalized spacial score (nSPS) is 19.8. The zero-order valence-corrected chi connectivity index (χ0v) is 11.1. The first kappa shape index (κ1) is 13.5. The minimum atomic E-state index is -0.574. The van der Waals surface area contributed by atoms with Crippen molar-refractivity contribution < 1.29 is 9.53 Å². The van der Waals surface area contributed by atoms with Gasteiger partial charge in [-0.25, -0.2) is 4.68 Å². The minimum absolute atomic E-state index is 0.210. The van der Waals surface area contributed by atoms with E-state index in [0.717, 1.165) is 19.3 Å². The van der Waals surface area contributed by atoms with Gasteiger partial charge >= 0.3 is 0 Å². The molecular formula is C11H18N6O2. The number of nitrogens with zero attached hydrogens (tertiary/aromatic N) is 5. The maximum Gasteiger partial charge on any atom is 0.254 e. The van der Waals surface area contributed by atoms with E-state index in [1.807, 2.05) is 0 Å². The Morgan fingerprint density at radius 3 is 2.95 bits per heavy atom. The molecule has 2 heterocycles. The van der Waals surface area contributed by atoms with Crippen LogP contribution in [0.5, 0.6) is 0 Å². The zero-order chi connectivity index (χ0) is 13.8. The molecule has 19 heavy (non-hydrogen) atoms. The monoisotopic (exact) mass is 266 g/mol. The van der Waals surface area contributed by atoms with Gasteiger partial charge in [-0.3, -0.25) is 9.80 Å². The van der Waals surface area contributed by atoms with Crippen molar-refractivity contribution in [3.63, 3.8) is 0 Å². The van der Waals surface area contributed by atoms with Gasteiger partial charge in [0.1, 0.15) is 5.56 Å². The van der Waals surface area contributed by atoms with Crippen LogP contribution in [0.25, 0.3) is 0 Å². The van der Waals surface area contributed by atoms with Gasteiger partial charge < -0.3 is 10.5 Å². The average molecular weight is 266 g/mol. The van der Waals surface area contributed by atoms with E-state index in [9.17, 15) is 4.79 Å². The summed E-state index contributed by atoms with van der Waals surface area (Å²) in [5.41, 5.74) is 5.57. The standard InChI is InChI=1S/C11H18N6O2/c1-16(2)15-14-11-8(10(12)18)7-13-17(11)9-5-3-4-6-19-9/h7,9H,3-6H2,1-2H3,(H2,12,18)/b15-14+. The number of hydrogen-bond donors (Lipinski definition) is 1. The molecule has 2 rings (SSSR count). The van der Waals surface area contributed by atoms with Crippen LogP contribution >= 0.6 is 0 Å². The third kappa shape index (κ3) is 3.08. The third-order valence-corrected chi connectivity index (χ3v) is 2.78. The molecule has 1 aromatic rings. The Morgan fingerprint density at radius 2 is 2.37 bits per heavy atom. The van der Waals surface area contributed by atoms with Crippen molar-refractivity contribution in [2.75, 3.05) is 20.7 Å². The van der Waals surface area contributed by atoms with Crippen molar-refractivity contribution in [2.24, 2.45) is 16.1 Å². The maximum absolute atomic E-state index is 11.4. The van der Waals surface area contributed by atoms with Crippen LogP contribution in [0.4, 0.5) is 5.82 Å². The molecule has 1 unspecified atom stereocenters. The number of carbonyl (C=O) groups excluding carboxylic acids is 1. The number of hydrogen-bond acceptors (Lipinski definition) is 5. The van der Waals surface area contributed by atoms with Crippen LogP contribution in [0.15, 0.2) is 16.5 Å². The Morgan fingerprint density at radius 1 is 1.58 bits per heavy atom. The van der Waals surface area contributed by atoms with E-state index in [2.05, 4.69) is 15.4 Å². The molecule has 0 spiro atoms. The molecule has 8 heteroatoms. The minimum Gasteiger partial charge on any atom is -0.365 e. The molecule has 1 aliphatic heterocycles. The summed E-state index contributed by atoms with van der Waals surface area (Å²) in [5.74, 6) is -0.233. The Hall–Kier alpha value is -1.96. The molecule has 1 aromatic heterocycles. The molecule has 1 fully saturated rings. The summed E-state index contributed by atoms with van der Waals surface area (Å²) in [5, 5.41) is 13.6. The Bertz CT molecular complexity index is 476. The highest BCUT2D eigenvalue weighted by Gasteiger charge is 2.23. The molecule has 0 aliphatic carbocycles. The van der Waals surface area contributed by atoms with Crippen molar-refractivity contribution in [1.82, 2.24) is 14.8 Å². The second kappa shape index (κ2) is 5.79. The maximum atomic E-state index is 11.4. The lowest BCUT2D eigenvalue weighted by molar-refractivity contribution is -0.0384. The quantitative estimate of drug-likeness (QED) is 0.654. The largest absolute Gasteiger partial charge is 0.365 e. The molecule has 2 N–H and O–H groups in total. The number of nitrogens with two attached hydrogens (primary N) is 1. The molecular weight excluding hydrogens is 248 g/mol. The third-order valence-electron chi connectivity index (χ3n) is 2.78. The highest BCUT2D eigenvalue weighted by Crippen LogP contribution is 2.29. The smallest absolute Gasteiger partial charge is 0.254 e. The molecule has 1 amide bonds. The molecule has 104 valence electrons. The van der Waals surface area contributed by atoms with E-state index in [1.165, 1.54) is 11.2 Å². The summed E-state index contributed by atoms with van der Waals surface area (Å²) >= 11 is 0.